The lowest BCUT2D eigenvalue weighted by atomic mass is 10.1. The quantitative estimate of drug-likeness (QED) is 0.807. The molecule has 2 rings (SSSR count). The number of nitrogens with one attached hydrogen (secondary N) is 2. The fourth-order valence-corrected chi connectivity index (χ4v) is 2.43. The van der Waals surface area contributed by atoms with E-state index in [1.54, 1.807) is 29.6 Å². The Kier molecular flexibility index (Phi) is 4.53. The van der Waals surface area contributed by atoms with Crippen molar-refractivity contribution < 1.29 is 14.7 Å². The van der Waals surface area contributed by atoms with Crippen LogP contribution in [-0.2, 0) is 6.54 Å². The number of thiophene rings is 1. The summed E-state index contributed by atoms with van der Waals surface area (Å²) in [5, 5.41) is 24.7. The highest BCUT2D eigenvalue weighted by Gasteiger charge is 2.13. The molecule has 2 amide bonds. The third-order valence-corrected chi connectivity index (χ3v) is 3.46. The first-order valence-electron chi connectivity index (χ1n) is 5.95. The van der Waals surface area contributed by atoms with Gasteiger partial charge in [0, 0.05) is 6.54 Å². The SMILES string of the molecule is N#Cc1cccc(CNC(=O)Nc2sccc2C(=O)O)c1. The molecule has 0 atom stereocenters. The summed E-state index contributed by atoms with van der Waals surface area (Å²) in [4.78, 5) is 22.7. The predicted octanol–water partition coefficient (Wildman–Crippen LogP) is 2.64. The summed E-state index contributed by atoms with van der Waals surface area (Å²) in [7, 11) is 0. The minimum atomic E-state index is -1.09. The summed E-state index contributed by atoms with van der Waals surface area (Å²) in [6.07, 6.45) is 0. The minimum Gasteiger partial charge on any atom is -0.478 e. The smallest absolute Gasteiger partial charge is 0.338 e. The molecule has 1 aromatic carbocycles. The Morgan fingerprint density at radius 2 is 2.14 bits per heavy atom. The monoisotopic (exact) mass is 301 g/mol. The number of anilines is 1. The normalized spacial score (nSPS) is 9.67. The van der Waals surface area contributed by atoms with Crippen LogP contribution < -0.4 is 10.6 Å². The van der Waals surface area contributed by atoms with Gasteiger partial charge in [0.1, 0.15) is 5.00 Å². The second-order valence-electron chi connectivity index (χ2n) is 4.09. The van der Waals surface area contributed by atoms with Crippen LogP contribution in [0.5, 0.6) is 0 Å². The number of carbonyl (C=O) groups excluding carboxylic acids is 1. The van der Waals surface area contributed by atoms with E-state index in [-0.39, 0.29) is 17.1 Å². The summed E-state index contributed by atoms with van der Waals surface area (Å²) in [6, 6.07) is 9.82. The van der Waals surface area contributed by atoms with Gasteiger partial charge in [0.25, 0.3) is 0 Å². The Morgan fingerprint density at radius 3 is 2.86 bits per heavy atom. The van der Waals surface area contributed by atoms with Gasteiger partial charge in [-0.1, -0.05) is 12.1 Å². The van der Waals surface area contributed by atoms with Crippen molar-refractivity contribution in [1.29, 1.82) is 5.26 Å². The molecule has 106 valence electrons. The number of carboxylic acids is 1. The van der Waals surface area contributed by atoms with E-state index in [2.05, 4.69) is 10.6 Å². The summed E-state index contributed by atoms with van der Waals surface area (Å²) < 4.78 is 0. The summed E-state index contributed by atoms with van der Waals surface area (Å²) in [6.45, 7) is 0.245. The second-order valence-corrected chi connectivity index (χ2v) is 5.00. The van der Waals surface area contributed by atoms with Gasteiger partial charge in [0.15, 0.2) is 0 Å². The van der Waals surface area contributed by atoms with Crippen LogP contribution >= 0.6 is 11.3 Å². The van der Waals surface area contributed by atoms with Gasteiger partial charge in [-0.05, 0) is 29.1 Å². The number of urea groups is 1. The Bertz CT molecular complexity index is 718. The maximum absolute atomic E-state index is 11.7. The zero-order valence-electron chi connectivity index (χ0n) is 10.8. The second kappa shape index (κ2) is 6.54. The van der Waals surface area contributed by atoms with E-state index < -0.39 is 12.0 Å². The third-order valence-electron chi connectivity index (χ3n) is 2.63. The minimum absolute atomic E-state index is 0.0571. The molecule has 2 aromatic rings. The average Bonchev–Trinajstić information content (AvgIpc) is 2.93. The van der Waals surface area contributed by atoms with Gasteiger partial charge in [-0.3, -0.25) is 5.32 Å². The number of hydrogen-bond acceptors (Lipinski definition) is 4. The highest BCUT2D eigenvalue weighted by Crippen LogP contribution is 2.22. The van der Waals surface area contributed by atoms with Crippen LogP contribution in [0.15, 0.2) is 35.7 Å². The molecule has 21 heavy (non-hydrogen) atoms. The molecule has 0 saturated carbocycles. The first kappa shape index (κ1) is 14.6. The third kappa shape index (κ3) is 3.81. The van der Waals surface area contributed by atoms with Crippen molar-refractivity contribution in [1.82, 2.24) is 5.32 Å². The molecule has 6 nitrogen and oxygen atoms in total. The fourth-order valence-electron chi connectivity index (χ4n) is 1.65. The first-order valence-corrected chi connectivity index (χ1v) is 6.83. The Hall–Kier alpha value is -2.85. The van der Waals surface area contributed by atoms with Gasteiger partial charge in [0.05, 0.1) is 17.2 Å². The zero-order valence-corrected chi connectivity index (χ0v) is 11.6. The molecular weight excluding hydrogens is 290 g/mol. The number of benzene rings is 1. The Labute approximate surface area is 124 Å². The summed E-state index contributed by atoms with van der Waals surface area (Å²) in [5.74, 6) is -1.09. The number of nitriles is 1. The number of hydrogen-bond donors (Lipinski definition) is 3. The van der Waals surface area contributed by atoms with Crippen molar-refractivity contribution in [3.05, 3.63) is 52.4 Å². The first-order chi connectivity index (χ1) is 10.1. The molecule has 0 saturated heterocycles. The van der Waals surface area contributed by atoms with Gasteiger partial charge in [-0.2, -0.15) is 5.26 Å². The van der Waals surface area contributed by atoms with Crippen molar-refractivity contribution in [2.45, 2.75) is 6.54 Å². The van der Waals surface area contributed by atoms with Crippen LogP contribution in [-0.4, -0.2) is 17.1 Å². The molecule has 1 aromatic heterocycles. The molecule has 1 heterocycles. The van der Waals surface area contributed by atoms with Gasteiger partial charge in [0.2, 0.25) is 0 Å². The summed E-state index contributed by atoms with van der Waals surface area (Å²) in [5.41, 5.74) is 1.36. The number of aromatic carboxylic acids is 1. The standard InChI is InChI=1S/C14H11N3O3S/c15-7-9-2-1-3-10(6-9)8-16-14(20)17-12-11(13(18)19)4-5-21-12/h1-6H,8H2,(H,18,19)(H2,16,17,20). The number of nitrogens with zero attached hydrogens (tertiary/aromatic N) is 1. The Balaban J connectivity index is 1.94. The maximum Gasteiger partial charge on any atom is 0.338 e. The lowest BCUT2D eigenvalue weighted by Crippen LogP contribution is -2.28. The Morgan fingerprint density at radius 1 is 1.33 bits per heavy atom. The fraction of sp³-hybridized carbons (Fsp3) is 0.0714. The molecule has 0 fully saturated rings. The van der Waals surface area contributed by atoms with Crippen LogP contribution in [0.2, 0.25) is 0 Å². The molecular formula is C14H11N3O3S. The van der Waals surface area contributed by atoms with E-state index in [0.717, 1.165) is 16.9 Å². The lowest BCUT2D eigenvalue weighted by Gasteiger charge is -2.07. The van der Waals surface area contributed by atoms with Crippen molar-refractivity contribution in [3.8, 4) is 6.07 Å². The van der Waals surface area contributed by atoms with E-state index in [1.165, 1.54) is 6.07 Å². The number of amides is 2. The van der Waals surface area contributed by atoms with Crippen LogP contribution in [0, 0.1) is 11.3 Å². The highest BCUT2D eigenvalue weighted by atomic mass is 32.1. The van der Waals surface area contributed by atoms with E-state index in [9.17, 15) is 9.59 Å². The van der Waals surface area contributed by atoms with Crippen molar-refractivity contribution >= 4 is 28.3 Å². The van der Waals surface area contributed by atoms with Crippen LogP contribution in [0.1, 0.15) is 21.5 Å². The van der Waals surface area contributed by atoms with E-state index in [1.807, 2.05) is 6.07 Å². The van der Waals surface area contributed by atoms with Crippen LogP contribution in [0.3, 0.4) is 0 Å². The molecule has 0 aliphatic rings. The van der Waals surface area contributed by atoms with E-state index >= 15 is 0 Å². The molecule has 0 bridgehead atoms. The average molecular weight is 301 g/mol. The number of carbonyl (C=O) groups is 2. The maximum atomic E-state index is 11.7. The lowest BCUT2D eigenvalue weighted by molar-refractivity contribution is 0.0698. The molecule has 0 radical (unpaired) electrons. The van der Waals surface area contributed by atoms with Gasteiger partial charge in [-0.25, -0.2) is 9.59 Å². The molecule has 3 N–H and O–H groups in total. The molecule has 0 aliphatic carbocycles. The predicted molar refractivity (Wildman–Crippen MR) is 78.3 cm³/mol. The molecule has 0 unspecified atom stereocenters. The zero-order chi connectivity index (χ0) is 15.2. The van der Waals surface area contributed by atoms with Gasteiger partial charge >= 0.3 is 12.0 Å². The van der Waals surface area contributed by atoms with Gasteiger partial charge in [-0.15, -0.1) is 11.3 Å². The van der Waals surface area contributed by atoms with Crippen molar-refractivity contribution in [3.63, 3.8) is 0 Å². The van der Waals surface area contributed by atoms with E-state index in [4.69, 9.17) is 10.4 Å². The van der Waals surface area contributed by atoms with Gasteiger partial charge < -0.3 is 10.4 Å². The molecule has 0 aliphatic heterocycles. The molecule has 7 heteroatoms. The largest absolute Gasteiger partial charge is 0.478 e. The summed E-state index contributed by atoms with van der Waals surface area (Å²) >= 11 is 1.14. The topological polar surface area (TPSA) is 102 Å². The van der Waals surface area contributed by atoms with Crippen LogP contribution in [0.4, 0.5) is 9.80 Å². The molecule has 0 spiro atoms. The van der Waals surface area contributed by atoms with E-state index in [0.29, 0.717) is 5.56 Å². The van der Waals surface area contributed by atoms with Crippen molar-refractivity contribution in [2.75, 3.05) is 5.32 Å². The van der Waals surface area contributed by atoms with Crippen molar-refractivity contribution in [2.24, 2.45) is 0 Å². The van der Waals surface area contributed by atoms with Crippen LogP contribution in [0.25, 0.3) is 0 Å². The highest BCUT2D eigenvalue weighted by molar-refractivity contribution is 7.14. The number of carboxylic acid groups (broad SMARTS) is 1. The number of rotatable bonds is 4.